The largest absolute Gasteiger partial charge is 0.365 e. The molecule has 5 rings (SSSR count). The molecule has 1 N–H and O–H groups in total. The van der Waals surface area contributed by atoms with Gasteiger partial charge in [-0.1, -0.05) is 60.2 Å². The van der Waals surface area contributed by atoms with Crippen molar-refractivity contribution in [1.29, 1.82) is 0 Å². The number of fused-ring (bicyclic) bond motifs is 1. The first-order valence-electron chi connectivity index (χ1n) is 11.0. The van der Waals surface area contributed by atoms with Gasteiger partial charge in [-0.2, -0.15) is 0 Å². The van der Waals surface area contributed by atoms with Gasteiger partial charge < -0.3 is 5.32 Å². The molecule has 0 bridgehead atoms. The van der Waals surface area contributed by atoms with Crippen LogP contribution in [-0.4, -0.2) is 9.97 Å². The van der Waals surface area contributed by atoms with Gasteiger partial charge in [0.2, 0.25) is 0 Å². The molecule has 0 saturated carbocycles. The minimum atomic E-state index is -0.268. The minimum Gasteiger partial charge on any atom is -0.365 e. The van der Waals surface area contributed by atoms with Gasteiger partial charge in [0.25, 0.3) is 0 Å². The number of halogens is 1. The summed E-state index contributed by atoms with van der Waals surface area (Å²) in [5.74, 6) is 0.515. The van der Waals surface area contributed by atoms with Crippen LogP contribution in [0, 0.1) is 19.7 Å². The van der Waals surface area contributed by atoms with Gasteiger partial charge in [-0.05, 0) is 65.8 Å². The number of hydrogen-bond acceptors (Lipinski definition) is 3. The summed E-state index contributed by atoms with van der Waals surface area (Å²) in [6.07, 6.45) is 3.59. The van der Waals surface area contributed by atoms with Crippen molar-refractivity contribution < 1.29 is 4.39 Å². The van der Waals surface area contributed by atoms with E-state index in [1.807, 2.05) is 18.2 Å². The highest BCUT2D eigenvalue weighted by molar-refractivity contribution is 5.93. The second-order valence-electron chi connectivity index (χ2n) is 8.33. The van der Waals surface area contributed by atoms with Crippen LogP contribution in [-0.2, 0) is 6.54 Å². The van der Waals surface area contributed by atoms with Crippen LogP contribution in [0.15, 0.2) is 91.3 Å². The van der Waals surface area contributed by atoms with Gasteiger partial charge in [0.15, 0.2) is 0 Å². The van der Waals surface area contributed by atoms with Crippen molar-refractivity contribution >= 4 is 16.6 Å². The zero-order valence-electron chi connectivity index (χ0n) is 18.6. The molecule has 0 spiro atoms. The lowest BCUT2D eigenvalue weighted by molar-refractivity contribution is 0.628. The van der Waals surface area contributed by atoms with E-state index < -0.39 is 0 Å². The van der Waals surface area contributed by atoms with Crippen LogP contribution in [0.4, 0.5) is 10.2 Å². The van der Waals surface area contributed by atoms with Crippen LogP contribution in [0.3, 0.4) is 0 Å². The number of rotatable bonds is 5. The molecular weight excluding hydrogens is 409 g/mol. The molecule has 0 fully saturated rings. The Balaban J connectivity index is 1.38. The second-order valence-corrected chi connectivity index (χ2v) is 8.33. The van der Waals surface area contributed by atoms with Crippen molar-refractivity contribution in [3.63, 3.8) is 0 Å². The standard InChI is InChI=1S/C29H24FN3/c1-19-5-3-6-22(13-19)26-10-9-21(14-20(26)2)17-33-29-27-18-32-28(16-23(27)11-12-31-29)24-7-4-8-25(30)15-24/h3-16,18H,17H2,1-2H3,(H,31,33). The van der Waals surface area contributed by atoms with E-state index in [4.69, 9.17) is 0 Å². The Hall–Kier alpha value is -4.05. The quantitative estimate of drug-likeness (QED) is 0.315. The van der Waals surface area contributed by atoms with Crippen molar-refractivity contribution in [2.24, 2.45) is 0 Å². The van der Waals surface area contributed by atoms with E-state index in [0.29, 0.717) is 6.54 Å². The van der Waals surface area contributed by atoms with Gasteiger partial charge in [0.05, 0.1) is 5.69 Å². The third-order valence-corrected chi connectivity index (χ3v) is 5.85. The first-order chi connectivity index (χ1) is 16.1. The summed E-state index contributed by atoms with van der Waals surface area (Å²) in [7, 11) is 0. The van der Waals surface area contributed by atoms with E-state index in [2.05, 4.69) is 71.6 Å². The number of pyridine rings is 2. The van der Waals surface area contributed by atoms with E-state index in [9.17, 15) is 4.39 Å². The topological polar surface area (TPSA) is 37.8 Å². The number of aryl methyl sites for hydroxylation is 2. The van der Waals surface area contributed by atoms with Crippen molar-refractivity contribution in [3.8, 4) is 22.4 Å². The third-order valence-electron chi connectivity index (χ3n) is 5.85. The number of nitrogens with zero attached hydrogens (tertiary/aromatic N) is 2. The van der Waals surface area contributed by atoms with Crippen LogP contribution in [0.5, 0.6) is 0 Å². The van der Waals surface area contributed by atoms with E-state index >= 15 is 0 Å². The fourth-order valence-electron chi connectivity index (χ4n) is 4.17. The van der Waals surface area contributed by atoms with Crippen molar-refractivity contribution in [2.45, 2.75) is 20.4 Å². The number of aromatic nitrogens is 2. The third kappa shape index (κ3) is 4.46. The molecule has 162 valence electrons. The van der Waals surface area contributed by atoms with Crippen molar-refractivity contribution in [1.82, 2.24) is 9.97 Å². The average Bonchev–Trinajstić information content (AvgIpc) is 2.82. The van der Waals surface area contributed by atoms with E-state index in [1.54, 1.807) is 18.5 Å². The number of benzene rings is 3. The molecule has 0 aliphatic heterocycles. The summed E-state index contributed by atoms with van der Waals surface area (Å²) in [4.78, 5) is 9.08. The molecule has 0 unspecified atom stereocenters. The van der Waals surface area contributed by atoms with Gasteiger partial charge in [0, 0.05) is 29.9 Å². The van der Waals surface area contributed by atoms with Crippen LogP contribution in [0.1, 0.15) is 16.7 Å². The molecule has 5 aromatic rings. The molecule has 33 heavy (non-hydrogen) atoms. The molecule has 0 aliphatic rings. The number of hydrogen-bond donors (Lipinski definition) is 1. The fourth-order valence-corrected chi connectivity index (χ4v) is 4.17. The predicted octanol–water partition coefficient (Wildman–Crippen LogP) is 7.33. The highest BCUT2D eigenvalue weighted by Crippen LogP contribution is 2.28. The molecule has 0 saturated heterocycles. The summed E-state index contributed by atoms with van der Waals surface area (Å²) in [5, 5.41) is 5.40. The molecule has 0 atom stereocenters. The summed E-state index contributed by atoms with van der Waals surface area (Å²) >= 11 is 0. The molecular formula is C29H24FN3. The minimum absolute atomic E-state index is 0.268. The van der Waals surface area contributed by atoms with Gasteiger partial charge >= 0.3 is 0 Å². The van der Waals surface area contributed by atoms with E-state index in [1.165, 1.54) is 39.9 Å². The smallest absolute Gasteiger partial charge is 0.135 e. The molecule has 2 heterocycles. The van der Waals surface area contributed by atoms with Gasteiger partial charge in [0.1, 0.15) is 11.6 Å². The van der Waals surface area contributed by atoms with E-state index in [-0.39, 0.29) is 5.82 Å². The Morgan fingerprint density at radius 2 is 1.67 bits per heavy atom. The summed E-state index contributed by atoms with van der Waals surface area (Å²) < 4.78 is 13.6. The Bertz CT molecular complexity index is 1460. The summed E-state index contributed by atoms with van der Waals surface area (Å²) in [6, 6.07) is 25.5. The zero-order chi connectivity index (χ0) is 22.8. The summed E-state index contributed by atoms with van der Waals surface area (Å²) in [5.41, 5.74) is 7.67. The Kier molecular flexibility index (Phi) is 5.57. The molecule has 0 amide bonds. The maximum Gasteiger partial charge on any atom is 0.135 e. The Labute approximate surface area is 193 Å². The van der Waals surface area contributed by atoms with Crippen molar-refractivity contribution in [2.75, 3.05) is 5.32 Å². The Morgan fingerprint density at radius 1 is 0.818 bits per heavy atom. The maximum absolute atomic E-state index is 13.6. The zero-order valence-corrected chi connectivity index (χ0v) is 18.6. The number of anilines is 1. The fraction of sp³-hybridized carbons (Fsp3) is 0.103. The monoisotopic (exact) mass is 433 g/mol. The second kappa shape index (κ2) is 8.83. The van der Waals surface area contributed by atoms with Crippen LogP contribution >= 0.6 is 0 Å². The average molecular weight is 434 g/mol. The lowest BCUT2D eigenvalue weighted by Crippen LogP contribution is -2.03. The molecule has 4 heteroatoms. The molecule has 2 aromatic heterocycles. The molecule has 0 radical (unpaired) electrons. The summed E-state index contributed by atoms with van der Waals surface area (Å²) in [6.45, 7) is 4.92. The highest BCUT2D eigenvalue weighted by Gasteiger charge is 2.08. The molecule has 3 nitrogen and oxygen atoms in total. The van der Waals surface area contributed by atoms with Crippen LogP contribution in [0.25, 0.3) is 33.2 Å². The van der Waals surface area contributed by atoms with E-state index in [0.717, 1.165) is 27.8 Å². The van der Waals surface area contributed by atoms with Gasteiger partial charge in [-0.3, -0.25) is 4.98 Å². The first kappa shape index (κ1) is 20.8. The lowest BCUT2D eigenvalue weighted by Gasteiger charge is -2.12. The van der Waals surface area contributed by atoms with Gasteiger partial charge in [-0.25, -0.2) is 9.37 Å². The first-order valence-corrected chi connectivity index (χ1v) is 11.0. The maximum atomic E-state index is 13.6. The predicted molar refractivity (Wildman–Crippen MR) is 134 cm³/mol. The Morgan fingerprint density at radius 3 is 2.48 bits per heavy atom. The molecule has 3 aromatic carbocycles. The molecule has 0 aliphatic carbocycles. The lowest BCUT2D eigenvalue weighted by atomic mass is 9.97. The van der Waals surface area contributed by atoms with Gasteiger partial charge in [-0.15, -0.1) is 0 Å². The number of nitrogens with one attached hydrogen (secondary N) is 1. The normalized spacial score (nSPS) is 11.0. The van der Waals surface area contributed by atoms with Crippen LogP contribution in [0.2, 0.25) is 0 Å². The SMILES string of the molecule is Cc1cccc(-c2ccc(CNc3nccc4cc(-c5cccc(F)c5)ncc34)cc2C)c1. The highest BCUT2D eigenvalue weighted by atomic mass is 19.1. The van der Waals surface area contributed by atoms with Crippen LogP contribution < -0.4 is 5.32 Å². The van der Waals surface area contributed by atoms with Crippen molar-refractivity contribution in [3.05, 3.63) is 114 Å².